The van der Waals surface area contributed by atoms with Crippen molar-refractivity contribution in [3.05, 3.63) is 101 Å². The Bertz CT molecular complexity index is 1210. The number of pyridine rings is 1. The predicted octanol–water partition coefficient (Wildman–Crippen LogP) is 4.04. The van der Waals surface area contributed by atoms with Gasteiger partial charge in [-0.3, -0.25) is 14.6 Å². The van der Waals surface area contributed by atoms with Gasteiger partial charge in [0.05, 0.1) is 18.2 Å². The van der Waals surface area contributed by atoms with Gasteiger partial charge in [0.15, 0.2) is 0 Å². The lowest BCUT2D eigenvalue weighted by molar-refractivity contribution is -0.140. The minimum Gasteiger partial charge on any atom is -0.507 e. The number of ether oxygens (including phenoxy) is 2. The Hall–Kier alpha value is -3.97. The number of likely N-dealkylation sites (tertiary alicyclic amines) is 1. The number of aromatic nitrogens is 1. The Morgan fingerprint density at radius 2 is 1.74 bits per heavy atom. The third kappa shape index (κ3) is 4.70. The van der Waals surface area contributed by atoms with Crippen LogP contribution in [0.4, 0.5) is 0 Å². The van der Waals surface area contributed by atoms with Crippen molar-refractivity contribution in [3.8, 4) is 5.75 Å². The van der Waals surface area contributed by atoms with E-state index in [1.807, 2.05) is 43.3 Å². The number of carbonyl (C=O) groups excluding carboxylic acids is 2. The zero-order valence-corrected chi connectivity index (χ0v) is 19.1. The standard InChI is InChI=1S/C27H26N2O5/c1-18-5-3-4-6-21(18)17-34-22-9-7-19(8-10-22)24-23(25(30)20-11-13-28-14-12-20)26(31)27(32)29(24)15-16-33-2/h3-14,24,30H,15-17H2,1-2H3/b25-23-. The van der Waals surface area contributed by atoms with E-state index in [1.54, 1.807) is 24.3 Å². The van der Waals surface area contributed by atoms with Crippen LogP contribution in [0, 0.1) is 6.92 Å². The van der Waals surface area contributed by atoms with Crippen molar-refractivity contribution in [2.24, 2.45) is 0 Å². The lowest BCUT2D eigenvalue weighted by Gasteiger charge is -2.25. The van der Waals surface area contributed by atoms with E-state index in [2.05, 4.69) is 4.98 Å². The highest BCUT2D eigenvalue weighted by molar-refractivity contribution is 6.46. The first-order valence-corrected chi connectivity index (χ1v) is 11.0. The van der Waals surface area contributed by atoms with Crippen LogP contribution in [0.1, 0.15) is 28.3 Å². The number of amides is 1. The fraction of sp³-hybridized carbons (Fsp3) is 0.222. The van der Waals surface area contributed by atoms with Gasteiger partial charge >= 0.3 is 0 Å². The largest absolute Gasteiger partial charge is 0.507 e. The van der Waals surface area contributed by atoms with Crippen LogP contribution >= 0.6 is 0 Å². The van der Waals surface area contributed by atoms with Gasteiger partial charge < -0.3 is 19.5 Å². The van der Waals surface area contributed by atoms with Crippen molar-refractivity contribution in [2.45, 2.75) is 19.6 Å². The summed E-state index contributed by atoms with van der Waals surface area (Å²) in [6, 6.07) is 17.7. The summed E-state index contributed by atoms with van der Waals surface area (Å²) in [4.78, 5) is 31.2. The number of aliphatic hydroxyl groups is 1. The first kappa shape index (κ1) is 23.2. The highest BCUT2D eigenvalue weighted by Crippen LogP contribution is 2.39. The Morgan fingerprint density at radius 3 is 2.41 bits per heavy atom. The molecule has 1 saturated heterocycles. The second-order valence-electron chi connectivity index (χ2n) is 8.01. The van der Waals surface area contributed by atoms with Crippen molar-refractivity contribution in [1.29, 1.82) is 0 Å². The molecule has 0 spiro atoms. The van der Waals surface area contributed by atoms with Crippen LogP contribution in [0.15, 0.2) is 78.6 Å². The molecule has 7 nitrogen and oxygen atoms in total. The third-order valence-electron chi connectivity index (χ3n) is 5.88. The Morgan fingerprint density at radius 1 is 1.03 bits per heavy atom. The number of hydrogen-bond donors (Lipinski definition) is 1. The molecule has 1 aliphatic heterocycles. The first-order chi connectivity index (χ1) is 16.5. The SMILES string of the molecule is COCCN1C(=O)C(=O)/C(=C(\O)c2ccncc2)C1c1ccc(OCc2ccccc2C)cc1. The highest BCUT2D eigenvalue weighted by atomic mass is 16.5. The number of ketones is 1. The minimum absolute atomic E-state index is 0.0425. The third-order valence-corrected chi connectivity index (χ3v) is 5.88. The number of aryl methyl sites for hydroxylation is 1. The molecule has 2 heterocycles. The van der Waals surface area contributed by atoms with Crippen molar-refractivity contribution >= 4 is 17.4 Å². The molecule has 174 valence electrons. The topological polar surface area (TPSA) is 89.0 Å². The van der Waals surface area contributed by atoms with Gasteiger partial charge in [-0.2, -0.15) is 0 Å². The molecule has 1 atom stereocenters. The lowest BCUT2D eigenvalue weighted by atomic mass is 9.95. The maximum Gasteiger partial charge on any atom is 0.295 e. The zero-order chi connectivity index (χ0) is 24.1. The molecule has 1 unspecified atom stereocenters. The molecule has 2 aromatic carbocycles. The fourth-order valence-electron chi connectivity index (χ4n) is 3.99. The molecule has 1 amide bonds. The van der Waals surface area contributed by atoms with Crippen molar-refractivity contribution in [2.75, 3.05) is 20.3 Å². The molecule has 34 heavy (non-hydrogen) atoms. The molecular weight excluding hydrogens is 432 g/mol. The quantitative estimate of drug-likeness (QED) is 0.311. The monoisotopic (exact) mass is 458 g/mol. The summed E-state index contributed by atoms with van der Waals surface area (Å²) in [6.07, 6.45) is 3.04. The van der Waals surface area contributed by atoms with E-state index in [0.29, 0.717) is 23.5 Å². The number of hydrogen-bond acceptors (Lipinski definition) is 6. The normalized spacial score (nSPS) is 17.2. The molecule has 0 aliphatic carbocycles. The van der Waals surface area contributed by atoms with Crippen LogP contribution in [0.2, 0.25) is 0 Å². The Kier molecular flexibility index (Phi) is 7.04. The summed E-state index contributed by atoms with van der Waals surface area (Å²) < 4.78 is 11.1. The van der Waals surface area contributed by atoms with E-state index in [0.717, 1.165) is 11.1 Å². The van der Waals surface area contributed by atoms with Crippen LogP contribution < -0.4 is 4.74 Å². The summed E-state index contributed by atoms with van der Waals surface area (Å²) in [5.41, 5.74) is 3.40. The Balaban J connectivity index is 1.66. The molecular formula is C27H26N2O5. The van der Waals surface area contributed by atoms with Gasteiger partial charge in [-0.05, 0) is 47.9 Å². The Labute approximate surface area is 198 Å². The minimum atomic E-state index is -0.742. The number of nitrogens with zero attached hydrogens (tertiary/aromatic N) is 2. The van der Waals surface area contributed by atoms with Crippen molar-refractivity contribution in [3.63, 3.8) is 0 Å². The van der Waals surface area contributed by atoms with E-state index >= 15 is 0 Å². The molecule has 0 saturated carbocycles. The van der Waals surface area contributed by atoms with E-state index in [9.17, 15) is 14.7 Å². The second kappa shape index (κ2) is 10.3. The predicted molar refractivity (Wildman–Crippen MR) is 127 cm³/mol. The number of Topliss-reactive ketones (excluding diaryl/α,β-unsaturated/α-hetero) is 1. The summed E-state index contributed by atoms with van der Waals surface area (Å²) in [5.74, 6) is -0.964. The van der Waals surface area contributed by atoms with E-state index in [1.165, 1.54) is 24.4 Å². The van der Waals surface area contributed by atoms with Gasteiger partial charge in [0.1, 0.15) is 18.1 Å². The second-order valence-corrected chi connectivity index (χ2v) is 8.01. The molecule has 0 bridgehead atoms. The highest BCUT2D eigenvalue weighted by Gasteiger charge is 2.45. The average Bonchev–Trinajstić information content (AvgIpc) is 3.12. The summed E-state index contributed by atoms with van der Waals surface area (Å²) in [7, 11) is 1.53. The molecule has 3 aromatic rings. The van der Waals surface area contributed by atoms with E-state index < -0.39 is 17.7 Å². The van der Waals surface area contributed by atoms with Gasteiger partial charge in [-0.15, -0.1) is 0 Å². The summed E-state index contributed by atoms with van der Waals surface area (Å²) in [5, 5.41) is 11.0. The molecule has 1 aliphatic rings. The van der Waals surface area contributed by atoms with E-state index in [-0.39, 0.29) is 24.5 Å². The number of rotatable bonds is 8. The first-order valence-electron chi connectivity index (χ1n) is 11.0. The molecule has 1 aromatic heterocycles. The summed E-state index contributed by atoms with van der Waals surface area (Å²) >= 11 is 0. The van der Waals surface area contributed by atoms with Crippen LogP contribution in [-0.4, -0.2) is 46.9 Å². The van der Waals surface area contributed by atoms with Crippen LogP contribution in [0.3, 0.4) is 0 Å². The van der Waals surface area contributed by atoms with Gasteiger partial charge in [0.2, 0.25) is 0 Å². The average molecular weight is 459 g/mol. The molecule has 7 heteroatoms. The maximum atomic E-state index is 12.9. The molecule has 4 rings (SSSR count). The van der Waals surface area contributed by atoms with Gasteiger partial charge in [-0.25, -0.2) is 0 Å². The molecule has 0 radical (unpaired) electrons. The van der Waals surface area contributed by atoms with E-state index in [4.69, 9.17) is 9.47 Å². The smallest absolute Gasteiger partial charge is 0.295 e. The van der Waals surface area contributed by atoms with Crippen LogP contribution in [-0.2, 0) is 20.9 Å². The number of benzene rings is 2. The maximum absolute atomic E-state index is 12.9. The number of methoxy groups -OCH3 is 1. The van der Waals surface area contributed by atoms with Crippen LogP contribution in [0.5, 0.6) is 5.75 Å². The van der Waals surface area contributed by atoms with Crippen LogP contribution in [0.25, 0.3) is 5.76 Å². The van der Waals surface area contributed by atoms with Crippen molar-refractivity contribution < 1.29 is 24.2 Å². The zero-order valence-electron chi connectivity index (χ0n) is 19.1. The van der Waals surface area contributed by atoms with Crippen molar-refractivity contribution in [1.82, 2.24) is 9.88 Å². The lowest BCUT2D eigenvalue weighted by Crippen LogP contribution is -2.32. The summed E-state index contributed by atoms with van der Waals surface area (Å²) in [6.45, 7) is 2.94. The van der Waals surface area contributed by atoms with Gasteiger partial charge in [0.25, 0.3) is 11.7 Å². The number of aliphatic hydroxyl groups excluding tert-OH is 1. The van der Waals surface area contributed by atoms with Gasteiger partial charge in [-0.1, -0.05) is 36.4 Å². The van der Waals surface area contributed by atoms with Gasteiger partial charge in [0, 0.05) is 31.6 Å². The molecule has 1 fully saturated rings. The fourth-order valence-corrected chi connectivity index (χ4v) is 3.99. The number of carbonyl (C=O) groups is 2. The molecule has 1 N–H and O–H groups in total.